The van der Waals surface area contributed by atoms with Gasteiger partial charge in [0.1, 0.15) is 17.6 Å². The number of hydrogen-bond acceptors (Lipinski definition) is 4. The summed E-state index contributed by atoms with van der Waals surface area (Å²) in [4.78, 5) is 18.4. The molecule has 0 spiro atoms. The minimum atomic E-state index is -1.000. The molecule has 1 saturated heterocycles. The van der Waals surface area contributed by atoms with E-state index < -0.39 is 5.97 Å². The van der Waals surface area contributed by atoms with Gasteiger partial charge in [-0.25, -0.2) is 4.79 Å². The number of carboxylic acid groups (broad SMARTS) is 1. The molecule has 170 valence electrons. The molecule has 1 fully saturated rings. The van der Waals surface area contributed by atoms with Gasteiger partial charge in [0.25, 0.3) is 0 Å². The number of anilines is 1. The number of nitrogens with zero attached hydrogens (tertiary/aromatic N) is 2. The Balaban J connectivity index is 1.64. The first-order valence-electron chi connectivity index (χ1n) is 10.9. The van der Waals surface area contributed by atoms with E-state index in [0.717, 1.165) is 22.5 Å². The van der Waals surface area contributed by atoms with Gasteiger partial charge in [0.2, 0.25) is 0 Å². The predicted octanol–water partition coefficient (Wildman–Crippen LogP) is 5.83. The average molecular weight is 470 g/mol. The van der Waals surface area contributed by atoms with Crippen molar-refractivity contribution in [2.75, 3.05) is 4.90 Å². The Bertz CT molecular complexity index is 1360. The summed E-state index contributed by atoms with van der Waals surface area (Å²) in [5.41, 5.74) is 4.78. The van der Waals surface area contributed by atoms with E-state index in [0.29, 0.717) is 22.2 Å². The number of hydrogen-bond donors (Lipinski definition) is 2. The van der Waals surface area contributed by atoms with E-state index in [1.807, 2.05) is 30.3 Å². The van der Waals surface area contributed by atoms with Crippen molar-refractivity contribution in [1.82, 2.24) is 10.3 Å². The maximum Gasteiger partial charge on any atom is 0.336 e. The molecule has 0 saturated carbocycles. The average Bonchev–Trinajstić information content (AvgIpc) is 3.43. The molecular formula is C27H23N3O3S. The summed E-state index contributed by atoms with van der Waals surface area (Å²) in [5, 5.41) is 13.6. The monoisotopic (exact) mass is 469 g/mol. The standard InChI is InChI=1S/C27H23N3O3S/c1-16-13-17(2)15-18(14-16)30-25(24(29-27(30)34)21-9-5-6-12-28-21)23-11-10-22(33-23)19-7-3-4-8-20(19)26(31)32/h3-15,24-25H,1-2H3,(H,29,34)(H,31,32)/t24-,25+/m1/s1. The number of pyridine rings is 1. The molecule has 2 atom stereocenters. The molecule has 7 heteroatoms. The van der Waals surface area contributed by atoms with Crippen molar-refractivity contribution in [2.45, 2.75) is 25.9 Å². The van der Waals surface area contributed by atoms with Crippen molar-refractivity contribution < 1.29 is 14.3 Å². The minimum absolute atomic E-state index is 0.191. The Labute approximate surface area is 202 Å². The van der Waals surface area contributed by atoms with E-state index in [-0.39, 0.29) is 17.6 Å². The lowest BCUT2D eigenvalue weighted by Gasteiger charge is -2.26. The molecule has 0 aliphatic carbocycles. The van der Waals surface area contributed by atoms with E-state index in [1.165, 1.54) is 0 Å². The van der Waals surface area contributed by atoms with Crippen LogP contribution in [0.5, 0.6) is 0 Å². The largest absolute Gasteiger partial charge is 0.478 e. The zero-order chi connectivity index (χ0) is 23.8. The highest BCUT2D eigenvalue weighted by atomic mass is 32.1. The Morgan fingerprint density at radius 3 is 2.47 bits per heavy atom. The summed E-state index contributed by atoms with van der Waals surface area (Å²) in [6.07, 6.45) is 1.76. The lowest BCUT2D eigenvalue weighted by molar-refractivity contribution is 0.0697. The fourth-order valence-corrected chi connectivity index (χ4v) is 4.90. The second-order valence-corrected chi connectivity index (χ2v) is 8.78. The minimum Gasteiger partial charge on any atom is -0.478 e. The SMILES string of the molecule is Cc1cc(C)cc(N2C(=S)N[C@H](c3ccccn3)[C@@H]2c2ccc(-c3ccccc3C(=O)O)o2)c1. The maximum absolute atomic E-state index is 11.8. The Morgan fingerprint density at radius 1 is 1.03 bits per heavy atom. The van der Waals surface area contributed by atoms with Crippen molar-refractivity contribution in [3.05, 3.63) is 107 Å². The lowest BCUT2D eigenvalue weighted by atomic mass is 10.0. The molecule has 0 bridgehead atoms. The van der Waals surface area contributed by atoms with Crippen LogP contribution in [-0.2, 0) is 0 Å². The van der Waals surface area contributed by atoms with E-state index in [2.05, 4.69) is 47.2 Å². The number of aromatic nitrogens is 1. The first kappa shape index (κ1) is 21.9. The van der Waals surface area contributed by atoms with Crippen LogP contribution in [-0.4, -0.2) is 21.2 Å². The number of carboxylic acids is 1. The fraction of sp³-hybridized carbons (Fsp3) is 0.148. The molecule has 5 rings (SSSR count). The molecule has 6 nitrogen and oxygen atoms in total. The number of benzene rings is 2. The van der Waals surface area contributed by atoms with E-state index in [9.17, 15) is 9.90 Å². The number of aryl methyl sites for hydroxylation is 2. The Morgan fingerprint density at radius 2 is 1.76 bits per heavy atom. The van der Waals surface area contributed by atoms with Gasteiger partial charge in [-0.15, -0.1) is 0 Å². The van der Waals surface area contributed by atoms with E-state index in [4.69, 9.17) is 16.6 Å². The molecule has 1 aliphatic rings. The van der Waals surface area contributed by atoms with Gasteiger partial charge in [0.15, 0.2) is 5.11 Å². The van der Waals surface area contributed by atoms with Crippen LogP contribution in [0.3, 0.4) is 0 Å². The molecule has 4 aromatic rings. The third-order valence-corrected chi connectivity index (χ3v) is 6.24. The molecule has 2 aromatic heterocycles. The molecule has 0 amide bonds. The molecule has 34 heavy (non-hydrogen) atoms. The van der Waals surface area contributed by atoms with E-state index in [1.54, 1.807) is 30.5 Å². The van der Waals surface area contributed by atoms with Crippen LogP contribution in [0.25, 0.3) is 11.3 Å². The number of furan rings is 1. The van der Waals surface area contributed by atoms with Gasteiger partial charge in [-0.1, -0.05) is 30.3 Å². The van der Waals surface area contributed by atoms with Crippen LogP contribution in [0.2, 0.25) is 0 Å². The molecule has 0 unspecified atom stereocenters. The summed E-state index contributed by atoms with van der Waals surface area (Å²) in [6.45, 7) is 4.12. The normalized spacial score (nSPS) is 17.6. The first-order valence-corrected chi connectivity index (χ1v) is 11.3. The summed E-state index contributed by atoms with van der Waals surface area (Å²) >= 11 is 5.79. The van der Waals surface area contributed by atoms with Crippen molar-refractivity contribution in [3.63, 3.8) is 0 Å². The van der Waals surface area contributed by atoms with Crippen LogP contribution < -0.4 is 10.2 Å². The van der Waals surface area contributed by atoms with Crippen LogP contribution in [0.15, 0.2) is 83.4 Å². The van der Waals surface area contributed by atoms with Crippen molar-refractivity contribution >= 4 is 29.0 Å². The van der Waals surface area contributed by atoms with Crippen LogP contribution >= 0.6 is 12.2 Å². The molecule has 2 aromatic carbocycles. The number of rotatable bonds is 5. The Kier molecular flexibility index (Phi) is 5.63. The molecule has 2 N–H and O–H groups in total. The van der Waals surface area contributed by atoms with E-state index >= 15 is 0 Å². The van der Waals surface area contributed by atoms with Gasteiger partial charge < -0.3 is 19.7 Å². The highest BCUT2D eigenvalue weighted by Crippen LogP contribution is 2.43. The highest BCUT2D eigenvalue weighted by molar-refractivity contribution is 7.80. The van der Waals surface area contributed by atoms with Gasteiger partial charge in [0.05, 0.1) is 17.3 Å². The molecule has 1 aliphatic heterocycles. The first-order chi connectivity index (χ1) is 16.4. The van der Waals surface area contributed by atoms with Gasteiger partial charge in [-0.3, -0.25) is 4.98 Å². The second kappa shape index (κ2) is 8.76. The van der Waals surface area contributed by atoms with Gasteiger partial charge in [-0.2, -0.15) is 0 Å². The smallest absolute Gasteiger partial charge is 0.336 e. The van der Waals surface area contributed by atoms with Crippen molar-refractivity contribution in [1.29, 1.82) is 0 Å². The summed E-state index contributed by atoms with van der Waals surface area (Å²) in [7, 11) is 0. The van der Waals surface area contributed by atoms with Gasteiger partial charge in [0, 0.05) is 17.4 Å². The second-order valence-electron chi connectivity index (χ2n) is 8.40. The quantitative estimate of drug-likeness (QED) is 0.356. The third kappa shape index (κ3) is 3.95. The fourth-order valence-electron chi connectivity index (χ4n) is 4.55. The van der Waals surface area contributed by atoms with Crippen LogP contribution in [0.1, 0.15) is 45.0 Å². The number of nitrogens with one attached hydrogen (secondary N) is 1. The molecular weight excluding hydrogens is 446 g/mol. The highest BCUT2D eigenvalue weighted by Gasteiger charge is 2.42. The van der Waals surface area contributed by atoms with Gasteiger partial charge >= 0.3 is 5.97 Å². The van der Waals surface area contributed by atoms with Gasteiger partial charge in [-0.05, 0) is 79.7 Å². The molecule has 3 heterocycles. The molecule has 0 radical (unpaired) electrons. The topological polar surface area (TPSA) is 78.6 Å². The summed E-state index contributed by atoms with van der Waals surface area (Å²) in [5.74, 6) is 0.156. The Hall–Kier alpha value is -3.97. The van der Waals surface area contributed by atoms with Crippen LogP contribution in [0, 0.1) is 13.8 Å². The zero-order valence-electron chi connectivity index (χ0n) is 18.7. The predicted molar refractivity (Wildman–Crippen MR) is 135 cm³/mol. The third-order valence-electron chi connectivity index (χ3n) is 5.92. The summed E-state index contributed by atoms with van der Waals surface area (Å²) in [6, 6.07) is 22.1. The lowest BCUT2D eigenvalue weighted by Crippen LogP contribution is -2.29. The zero-order valence-corrected chi connectivity index (χ0v) is 19.5. The van der Waals surface area contributed by atoms with Crippen LogP contribution in [0.4, 0.5) is 5.69 Å². The number of aromatic carboxylic acids is 1. The van der Waals surface area contributed by atoms with Crippen molar-refractivity contribution in [3.8, 4) is 11.3 Å². The van der Waals surface area contributed by atoms with Crippen molar-refractivity contribution in [2.24, 2.45) is 0 Å². The maximum atomic E-state index is 11.8. The summed E-state index contributed by atoms with van der Waals surface area (Å²) < 4.78 is 6.32. The number of carbonyl (C=O) groups is 1. The number of thiocarbonyl (C=S) groups is 1.